The summed E-state index contributed by atoms with van der Waals surface area (Å²) in [6.45, 7) is 1.33. The first-order chi connectivity index (χ1) is 11.2. The van der Waals surface area contributed by atoms with Gasteiger partial charge >= 0.3 is 0 Å². The van der Waals surface area contributed by atoms with Crippen molar-refractivity contribution >= 4 is 5.91 Å². The fourth-order valence-electron chi connectivity index (χ4n) is 2.78. The first kappa shape index (κ1) is 15.6. The van der Waals surface area contributed by atoms with Crippen LogP contribution in [0.15, 0.2) is 48.5 Å². The molecule has 120 valence electrons. The molecule has 1 aliphatic rings. The van der Waals surface area contributed by atoms with E-state index in [1.807, 2.05) is 42.5 Å². The van der Waals surface area contributed by atoms with Crippen molar-refractivity contribution in [1.82, 2.24) is 5.32 Å². The van der Waals surface area contributed by atoms with Gasteiger partial charge in [-0.15, -0.1) is 0 Å². The monoisotopic (exact) mass is 311 g/mol. The lowest BCUT2D eigenvalue weighted by Gasteiger charge is -2.11. The molecule has 0 fully saturated rings. The molecule has 0 radical (unpaired) electrons. The molecule has 0 spiro atoms. The molecule has 1 aliphatic heterocycles. The zero-order valence-corrected chi connectivity index (χ0v) is 13.0. The molecule has 0 bridgehead atoms. The number of rotatable bonds is 6. The predicted octanol–water partition coefficient (Wildman–Crippen LogP) is 2.40. The van der Waals surface area contributed by atoms with Crippen molar-refractivity contribution < 1.29 is 14.6 Å². The van der Waals surface area contributed by atoms with Crippen LogP contribution in [0.1, 0.15) is 29.2 Å². The van der Waals surface area contributed by atoms with E-state index in [-0.39, 0.29) is 12.3 Å². The zero-order valence-electron chi connectivity index (χ0n) is 13.0. The van der Waals surface area contributed by atoms with E-state index >= 15 is 0 Å². The highest BCUT2D eigenvalue weighted by Gasteiger charge is 2.13. The Balaban J connectivity index is 1.44. The van der Waals surface area contributed by atoms with Crippen LogP contribution in [-0.2, 0) is 17.6 Å². The van der Waals surface area contributed by atoms with Gasteiger partial charge in [-0.05, 0) is 29.2 Å². The third kappa shape index (κ3) is 4.11. The number of ether oxygens (including phenoxy) is 1. The molecule has 2 N–H and O–H groups in total. The third-order valence-corrected chi connectivity index (χ3v) is 4.05. The number of carbonyl (C=O) groups excluding carboxylic acids is 1. The number of fused-ring (bicyclic) bond motifs is 1. The number of aliphatic hydroxyl groups excluding tert-OH is 1. The molecule has 4 heteroatoms. The maximum Gasteiger partial charge on any atom is 0.222 e. The number of aliphatic hydroxyl groups is 1. The van der Waals surface area contributed by atoms with E-state index < -0.39 is 6.10 Å². The molecule has 23 heavy (non-hydrogen) atoms. The molecule has 0 aromatic heterocycles. The van der Waals surface area contributed by atoms with Crippen molar-refractivity contribution in [2.45, 2.75) is 25.4 Å². The van der Waals surface area contributed by atoms with E-state index in [1.165, 1.54) is 11.1 Å². The second-order valence-corrected chi connectivity index (χ2v) is 5.77. The van der Waals surface area contributed by atoms with E-state index in [2.05, 4.69) is 11.4 Å². The van der Waals surface area contributed by atoms with Crippen molar-refractivity contribution in [2.75, 3.05) is 13.2 Å². The molecular weight excluding hydrogens is 290 g/mol. The van der Waals surface area contributed by atoms with Gasteiger partial charge in [0.25, 0.3) is 0 Å². The number of nitrogens with one attached hydrogen (secondary N) is 1. The fraction of sp³-hybridized carbons (Fsp3) is 0.316. The van der Waals surface area contributed by atoms with Crippen LogP contribution in [0.25, 0.3) is 0 Å². The molecule has 0 saturated heterocycles. The Morgan fingerprint density at radius 1 is 1.22 bits per heavy atom. The lowest BCUT2D eigenvalue weighted by molar-refractivity contribution is -0.123. The molecule has 1 atom stereocenters. The summed E-state index contributed by atoms with van der Waals surface area (Å²) < 4.78 is 5.48. The minimum atomic E-state index is -0.756. The Morgan fingerprint density at radius 3 is 2.87 bits per heavy atom. The average Bonchev–Trinajstić information content (AvgIpc) is 3.03. The van der Waals surface area contributed by atoms with Crippen LogP contribution in [0.4, 0.5) is 0 Å². The molecule has 4 nitrogen and oxygen atoms in total. The first-order valence-electron chi connectivity index (χ1n) is 7.96. The van der Waals surface area contributed by atoms with Crippen molar-refractivity contribution in [3.8, 4) is 5.75 Å². The molecule has 1 heterocycles. The number of carbonyl (C=O) groups is 1. The zero-order chi connectivity index (χ0) is 16.1. The largest absolute Gasteiger partial charge is 0.493 e. The Kier molecular flexibility index (Phi) is 4.93. The van der Waals surface area contributed by atoms with Crippen LogP contribution in [0.5, 0.6) is 5.75 Å². The fourth-order valence-corrected chi connectivity index (χ4v) is 2.78. The van der Waals surface area contributed by atoms with Crippen LogP contribution >= 0.6 is 0 Å². The second kappa shape index (κ2) is 7.29. The summed E-state index contributed by atoms with van der Waals surface area (Å²) in [5.41, 5.74) is 3.20. The van der Waals surface area contributed by atoms with Crippen LogP contribution in [0.2, 0.25) is 0 Å². The van der Waals surface area contributed by atoms with E-state index in [0.29, 0.717) is 6.54 Å². The molecule has 0 aliphatic carbocycles. The van der Waals surface area contributed by atoms with Gasteiger partial charge in [-0.25, -0.2) is 0 Å². The van der Waals surface area contributed by atoms with Crippen LogP contribution in [0.3, 0.4) is 0 Å². The molecule has 3 rings (SSSR count). The van der Waals surface area contributed by atoms with Crippen molar-refractivity contribution in [2.24, 2.45) is 0 Å². The summed E-state index contributed by atoms with van der Waals surface area (Å²) in [6, 6.07) is 15.4. The van der Waals surface area contributed by atoms with Crippen LogP contribution in [0, 0.1) is 0 Å². The predicted molar refractivity (Wildman–Crippen MR) is 88.4 cm³/mol. The minimum absolute atomic E-state index is 0.0854. The van der Waals surface area contributed by atoms with Gasteiger partial charge in [-0.1, -0.05) is 42.5 Å². The van der Waals surface area contributed by atoms with E-state index in [1.54, 1.807) is 0 Å². The lowest BCUT2D eigenvalue weighted by Crippen LogP contribution is -2.27. The lowest BCUT2D eigenvalue weighted by atomic mass is 10.1. The van der Waals surface area contributed by atoms with Crippen molar-refractivity contribution in [1.29, 1.82) is 0 Å². The summed E-state index contributed by atoms with van der Waals surface area (Å²) in [5, 5.41) is 12.9. The number of hydrogen-bond acceptors (Lipinski definition) is 3. The molecule has 1 amide bonds. The molecule has 0 saturated carbocycles. The highest BCUT2D eigenvalue weighted by Crippen LogP contribution is 2.25. The summed E-state index contributed by atoms with van der Waals surface area (Å²) in [7, 11) is 0. The quantitative estimate of drug-likeness (QED) is 0.861. The first-order valence-corrected chi connectivity index (χ1v) is 7.96. The number of hydrogen-bond donors (Lipinski definition) is 2. The molecular formula is C19H21NO3. The standard InChI is InChI=1S/C19H21NO3/c21-17(15-4-2-1-3-5-15)13-19(22)20-10-8-14-6-7-18-16(12-14)9-11-23-18/h1-7,12,17,21H,8-11,13H2,(H,20,22). The van der Waals surface area contributed by atoms with Crippen molar-refractivity contribution in [3.05, 3.63) is 65.2 Å². The molecule has 2 aromatic rings. The average molecular weight is 311 g/mol. The van der Waals surface area contributed by atoms with Gasteiger partial charge in [0.1, 0.15) is 5.75 Å². The Labute approximate surface area is 136 Å². The van der Waals surface area contributed by atoms with Crippen molar-refractivity contribution in [3.63, 3.8) is 0 Å². The maximum absolute atomic E-state index is 11.9. The number of amides is 1. The van der Waals surface area contributed by atoms with E-state index in [9.17, 15) is 9.90 Å². The Hall–Kier alpha value is -2.33. The third-order valence-electron chi connectivity index (χ3n) is 4.05. The Morgan fingerprint density at radius 2 is 2.04 bits per heavy atom. The summed E-state index contributed by atoms with van der Waals surface area (Å²) in [4.78, 5) is 11.9. The normalized spacial score (nSPS) is 14.0. The Bertz CT molecular complexity index is 670. The van der Waals surface area contributed by atoms with Gasteiger partial charge < -0.3 is 15.2 Å². The smallest absolute Gasteiger partial charge is 0.222 e. The van der Waals surface area contributed by atoms with Gasteiger partial charge in [0, 0.05) is 13.0 Å². The van der Waals surface area contributed by atoms with Gasteiger partial charge in [0.15, 0.2) is 0 Å². The van der Waals surface area contributed by atoms with Gasteiger partial charge in [0.2, 0.25) is 5.91 Å². The van der Waals surface area contributed by atoms with Crippen LogP contribution in [-0.4, -0.2) is 24.2 Å². The van der Waals surface area contributed by atoms with E-state index in [4.69, 9.17) is 4.74 Å². The molecule has 2 aromatic carbocycles. The van der Waals surface area contributed by atoms with Gasteiger partial charge in [-0.2, -0.15) is 0 Å². The highest BCUT2D eigenvalue weighted by atomic mass is 16.5. The van der Waals surface area contributed by atoms with E-state index in [0.717, 1.165) is 30.8 Å². The molecule has 1 unspecified atom stereocenters. The summed E-state index contributed by atoms with van der Waals surface area (Å²) >= 11 is 0. The second-order valence-electron chi connectivity index (χ2n) is 5.77. The van der Waals surface area contributed by atoms with Crippen LogP contribution < -0.4 is 10.1 Å². The SMILES string of the molecule is O=C(CC(O)c1ccccc1)NCCc1ccc2c(c1)CCO2. The maximum atomic E-state index is 11.9. The number of benzene rings is 2. The minimum Gasteiger partial charge on any atom is -0.493 e. The van der Waals surface area contributed by atoms with Gasteiger partial charge in [0.05, 0.1) is 19.1 Å². The summed E-state index contributed by atoms with van der Waals surface area (Å²) in [6.07, 6.45) is 1.06. The highest BCUT2D eigenvalue weighted by molar-refractivity contribution is 5.76. The summed E-state index contributed by atoms with van der Waals surface area (Å²) in [5.74, 6) is 0.842. The van der Waals surface area contributed by atoms with Gasteiger partial charge in [-0.3, -0.25) is 4.79 Å². The topological polar surface area (TPSA) is 58.6 Å².